The maximum absolute atomic E-state index is 13.8. The molecule has 1 atom stereocenters. The fourth-order valence-corrected chi connectivity index (χ4v) is 1.44. The number of ether oxygens (including phenoxy) is 1. The molecule has 0 aromatic heterocycles. The van der Waals surface area contributed by atoms with E-state index in [1.807, 2.05) is 0 Å². The smallest absolute Gasteiger partial charge is 0.412 e. The quantitative estimate of drug-likeness (QED) is 0.667. The maximum Gasteiger partial charge on any atom is 0.412 e. The lowest BCUT2D eigenvalue weighted by atomic mass is 10.2. The Hall–Kier alpha value is -1.86. The molecule has 21 heavy (non-hydrogen) atoms. The van der Waals surface area contributed by atoms with Crippen LogP contribution < -0.4 is 10.6 Å². The minimum Gasteiger partial charge on any atom is -0.444 e. The molecule has 4 N–H and O–H groups in total. The van der Waals surface area contributed by atoms with Crippen LogP contribution >= 0.6 is 0 Å². The molecule has 0 radical (unpaired) electrons. The van der Waals surface area contributed by atoms with Gasteiger partial charge in [0.25, 0.3) is 0 Å². The summed E-state index contributed by atoms with van der Waals surface area (Å²) in [4.78, 5) is 11.5. The van der Waals surface area contributed by atoms with Crippen molar-refractivity contribution in [2.75, 3.05) is 23.8 Å². The first-order valence-electron chi connectivity index (χ1n) is 6.53. The number of aliphatic hydroxyl groups excluding tert-OH is 2. The third-order valence-corrected chi connectivity index (χ3v) is 2.36. The highest BCUT2D eigenvalue weighted by molar-refractivity contribution is 5.85. The summed E-state index contributed by atoms with van der Waals surface area (Å²) in [5.41, 5.74) is -0.241. The lowest BCUT2D eigenvalue weighted by Crippen LogP contribution is -2.27. The standard InChI is InChI=1S/C14H21FN2O4/c1-14(2,3)21-13(20)17-12-5-4-9(6-11(12)15)16-7-10(19)8-18/h4-6,10,16,18-19H,7-8H2,1-3H3,(H,17,20). The maximum atomic E-state index is 13.8. The molecule has 0 fully saturated rings. The van der Waals surface area contributed by atoms with Crippen LogP contribution in [0.4, 0.5) is 20.6 Å². The summed E-state index contributed by atoms with van der Waals surface area (Å²) in [7, 11) is 0. The monoisotopic (exact) mass is 300 g/mol. The van der Waals surface area contributed by atoms with E-state index in [-0.39, 0.29) is 18.8 Å². The van der Waals surface area contributed by atoms with E-state index in [0.29, 0.717) is 5.69 Å². The zero-order valence-electron chi connectivity index (χ0n) is 12.3. The van der Waals surface area contributed by atoms with Gasteiger partial charge in [-0.15, -0.1) is 0 Å². The van der Waals surface area contributed by atoms with Gasteiger partial charge in [-0.25, -0.2) is 9.18 Å². The van der Waals surface area contributed by atoms with E-state index in [4.69, 9.17) is 9.84 Å². The molecule has 1 aromatic carbocycles. The van der Waals surface area contributed by atoms with Gasteiger partial charge in [-0.2, -0.15) is 0 Å². The number of benzene rings is 1. The van der Waals surface area contributed by atoms with E-state index in [1.54, 1.807) is 26.8 Å². The highest BCUT2D eigenvalue weighted by Gasteiger charge is 2.17. The number of carbonyl (C=O) groups is 1. The number of anilines is 2. The van der Waals surface area contributed by atoms with E-state index >= 15 is 0 Å². The van der Waals surface area contributed by atoms with E-state index in [9.17, 15) is 14.3 Å². The minimum absolute atomic E-state index is 0.00231. The molecule has 6 nitrogen and oxygen atoms in total. The van der Waals surface area contributed by atoms with Crippen molar-refractivity contribution in [1.29, 1.82) is 0 Å². The van der Waals surface area contributed by atoms with Crippen LogP contribution in [0.25, 0.3) is 0 Å². The van der Waals surface area contributed by atoms with Gasteiger partial charge in [-0.3, -0.25) is 5.32 Å². The Bertz CT molecular complexity index is 488. The lowest BCUT2D eigenvalue weighted by Gasteiger charge is -2.20. The predicted molar refractivity (Wildman–Crippen MR) is 77.8 cm³/mol. The molecule has 118 valence electrons. The van der Waals surface area contributed by atoms with Gasteiger partial charge >= 0.3 is 6.09 Å². The van der Waals surface area contributed by atoms with Crippen LogP contribution in [-0.4, -0.2) is 41.2 Å². The van der Waals surface area contributed by atoms with Crippen LogP contribution in [0.3, 0.4) is 0 Å². The average Bonchev–Trinajstić information content (AvgIpc) is 2.36. The van der Waals surface area contributed by atoms with Crippen molar-refractivity contribution in [3.05, 3.63) is 24.0 Å². The van der Waals surface area contributed by atoms with E-state index in [2.05, 4.69) is 10.6 Å². The lowest BCUT2D eigenvalue weighted by molar-refractivity contribution is 0.0635. The number of halogens is 1. The Morgan fingerprint density at radius 3 is 2.62 bits per heavy atom. The van der Waals surface area contributed by atoms with Gasteiger partial charge in [0.2, 0.25) is 0 Å². The molecule has 0 saturated carbocycles. The summed E-state index contributed by atoms with van der Waals surface area (Å²) in [6, 6.07) is 4.10. The largest absolute Gasteiger partial charge is 0.444 e. The number of hydrogen-bond donors (Lipinski definition) is 4. The summed E-state index contributed by atoms with van der Waals surface area (Å²) in [5.74, 6) is -0.635. The Morgan fingerprint density at radius 1 is 1.43 bits per heavy atom. The predicted octanol–water partition coefficient (Wildman–Crippen LogP) is 1.94. The second-order valence-electron chi connectivity index (χ2n) is 5.54. The van der Waals surface area contributed by atoms with Crippen molar-refractivity contribution in [2.24, 2.45) is 0 Å². The third kappa shape index (κ3) is 6.42. The zero-order chi connectivity index (χ0) is 16.0. The number of nitrogens with one attached hydrogen (secondary N) is 2. The second kappa shape index (κ2) is 7.24. The summed E-state index contributed by atoms with van der Waals surface area (Å²) in [5, 5.41) is 22.9. The van der Waals surface area contributed by atoms with Crippen LogP contribution in [0, 0.1) is 5.82 Å². The molecular formula is C14H21FN2O4. The molecule has 0 aliphatic heterocycles. The molecule has 7 heteroatoms. The first-order valence-corrected chi connectivity index (χ1v) is 6.53. The van der Waals surface area contributed by atoms with Crippen LogP contribution in [0.2, 0.25) is 0 Å². The molecule has 0 saturated heterocycles. The van der Waals surface area contributed by atoms with Gasteiger partial charge < -0.3 is 20.3 Å². The average molecular weight is 300 g/mol. The van der Waals surface area contributed by atoms with Gasteiger partial charge in [0.1, 0.15) is 11.4 Å². The molecule has 0 bridgehead atoms. The van der Waals surface area contributed by atoms with Crippen molar-refractivity contribution in [3.8, 4) is 0 Å². The Kier molecular flexibility index (Phi) is 5.92. The molecule has 0 spiro atoms. The Labute approximate surface area is 122 Å². The van der Waals surface area contributed by atoms with E-state index in [1.165, 1.54) is 12.1 Å². The number of carbonyl (C=O) groups excluding carboxylic acids is 1. The van der Waals surface area contributed by atoms with Crippen molar-refractivity contribution in [2.45, 2.75) is 32.5 Å². The van der Waals surface area contributed by atoms with Crippen molar-refractivity contribution < 1.29 is 24.1 Å². The SMILES string of the molecule is CC(C)(C)OC(=O)Nc1ccc(NCC(O)CO)cc1F. The van der Waals surface area contributed by atoms with Gasteiger partial charge in [0, 0.05) is 12.2 Å². The first-order chi connectivity index (χ1) is 9.71. The number of hydrogen-bond acceptors (Lipinski definition) is 5. The van der Waals surface area contributed by atoms with Gasteiger partial charge in [0.05, 0.1) is 18.4 Å². The molecule has 0 heterocycles. The normalized spacial score (nSPS) is 12.7. The summed E-state index contributed by atoms with van der Waals surface area (Å²) >= 11 is 0. The van der Waals surface area contributed by atoms with Crippen LogP contribution in [0.5, 0.6) is 0 Å². The summed E-state index contributed by atoms with van der Waals surface area (Å²) < 4.78 is 18.9. The molecule has 1 rings (SSSR count). The highest BCUT2D eigenvalue weighted by Crippen LogP contribution is 2.20. The Morgan fingerprint density at radius 2 is 2.10 bits per heavy atom. The summed E-state index contributed by atoms with van der Waals surface area (Å²) in [6.07, 6.45) is -1.66. The molecule has 1 unspecified atom stereocenters. The first kappa shape index (κ1) is 17.2. The number of rotatable bonds is 5. The molecule has 0 aliphatic rings. The summed E-state index contributed by atoms with van der Waals surface area (Å²) in [6.45, 7) is 4.84. The van der Waals surface area contributed by atoms with Gasteiger partial charge in [0.15, 0.2) is 0 Å². The van der Waals surface area contributed by atoms with Crippen molar-refractivity contribution in [1.82, 2.24) is 0 Å². The fraction of sp³-hybridized carbons (Fsp3) is 0.500. The Balaban J connectivity index is 2.64. The minimum atomic E-state index is -0.923. The molecular weight excluding hydrogens is 279 g/mol. The number of amides is 1. The molecule has 1 amide bonds. The molecule has 0 aliphatic carbocycles. The highest BCUT2D eigenvalue weighted by atomic mass is 19.1. The number of aliphatic hydroxyl groups is 2. The topological polar surface area (TPSA) is 90.8 Å². The van der Waals surface area contributed by atoms with Crippen molar-refractivity contribution >= 4 is 17.5 Å². The fourth-order valence-electron chi connectivity index (χ4n) is 1.44. The third-order valence-electron chi connectivity index (χ3n) is 2.36. The van der Waals surface area contributed by atoms with Crippen molar-refractivity contribution in [3.63, 3.8) is 0 Å². The van der Waals surface area contributed by atoms with E-state index in [0.717, 1.165) is 0 Å². The zero-order valence-corrected chi connectivity index (χ0v) is 12.3. The van der Waals surface area contributed by atoms with Crippen LogP contribution in [-0.2, 0) is 4.74 Å². The van der Waals surface area contributed by atoms with Gasteiger partial charge in [-0.05, 0) is 39.0 Å². The molecule has 1 aromatic rings. The van der Waals surface area contributed by atoms with E-state index < -0.39 is 23.6 Å². The van der Waals surface area contributed by atoms with Crippen LogP contribution in [0.1, 0.15) is 20.8 Å². The van der Waals surface area contributed by atoms with Crippen LogP contribution in [0.15, 0.2) is 18.2 Å². The van der Waals surface area contributed by atoms with Gasteiger partial charge in [-0.1, -0.05) is 0 Å². The second-order valence-corrected chi connectivity index (χ2v) is 5.54.